The van der Waals surface area contributed by atoms with Gasteiger partial charge in [-0.15, -0.1) is 6.58 Å². The molecule has 0 aromatic heterocycles. The number of rotatable bonds is 7. The number of benzene rings is 1. The van der Waals surface area contributed by atoms with Crippen molar-refractivity contribution in [3.8, 4) is 0 Å². The topological polar surface area (TPSA) is 60.9 Å². The lowest BCUT2D eigenvalue weighted by atomic mass is 10.3. The van der Waals surface area contributed by atoms with Gasteiger partial charge in [-0.05, 0) is 24.3 Å². The summed E-state index contributed by atoms with van der Waals surface area (Å²) in [6.07, 6.45) is 1.74. The highest BCUT2D eigenvalue weighted by molar-refractivity contribution is 7.89. The van der Waals surface area contributed by atoms with Crippen molar-refractivity contribution < 1.29 is 13.5 Å². The Morgan fingerprint density at radius 3 is 2.26 bits per heavy atom. The molecule has 1 aromatic carbocycles. The van der Waals surface area contributed by atoms with E-state index >= 15 is 0 Å². The van der Waals surface area contributed by atoms with Crippen LogP contribution in [0.3, 0.4) is 0 Å². The van der Waals surface area contributed by atoms with Gasteiger partial charge in [-0.3, -0.25) is 0 Å². The minimum absolute atomic E-state index is 0.0333. The van der Waals surface area contributed by atoms with E-state index in [9.17, 15) is 8.42 Å². The van der Waals surface area contributed by atoms with Gasteiger partial charge >= 0.3 is 0 Å². The predicted octanol–water partition coefficient (Wildman–Crippen LogP) is 0.922. The normalized spacial score (nSPS) is 11.6. The van der Waals surface area contributed by atoms with Crippen LogP contribution in [0.2, 0.25) is 0 Å². The monoisotopic (exact) mass is 284 g/mol. The zero-order chi connectivity index (χ0) is 14.5. The molecule has 5 nitrogen and oxygen atoms in total. The molecule has 0 aliphatic heterocycles. The number of aliphatic hydroxyl groups excluding tert-OH is 1. The Labute approximate surface area is 114 Å². The number of hydrogen-bond donors (Lipinski definition) is 1. The van der Waals surface area contributed by atoms with Crippen LogP contribution >= 0.6 is 0 Å². The third kappa shape index (κ3) is 3.79. The van der Waals surface area contributed by atoms with Crippen molar-refractivity contribution in [2.45, 2.75) is 4.90 Å². The summed E-state index contributed by atoms with van der Waals surface area (Å²) in [6.45, 7) is 4.77. The van der Waals surface area contributed by atoms with Crippen LogP contribution in [0.5, 0.6) is 0 Å². The second-order valence-electron chi connectivity index (χ2n) is 4.24. The van der Waals surface area contributed by atoms with Crippen molar-refractivity contribution >= 4 is 15.7 Å². The summed E-state index contributed by atoms with van der Waals surface area (Å²) in [5.41, 5.74) is 0.853. The molecular formula is C13H20N2O3S. The minimum atomic E-state index is -3.40. The van der Waals surface area contributed by atoms with Crippen molar-refractivity contribution in [3.05, 3.63) is 36.9 Å². The maximum atomic E-state index is 11.9. The van der Waals surface area contributed by atoms with Crippen LogP contribution in [0, 0.1) is 0 Å². The fourth-order valence-corrected chi connectivity index (χ4v) is 2.54. The van der Waals surface area contributed by atoms with E-state index in [1.54, 1.807) is 30.3 Å². The highest BCUT2D eigenvalue weighted by atomic mass is 32.2. The molecular weight excluding hydrogens is 264 g/mol. The summed E-state index contributed by atoms with van der Waals surface area (Å²) in [7, 11) is -0.401. The van der Waals surface area contributed by atoms with Gasteiger partial charge in [0.15, 0.2) is 0 Å². The number of sulfonamides is 1. The van der Waals surface area contributed by atoms with Crippen molar-refractivity contribution in [2.75, 3.05) is 38.7 Å². The van der Waals surface area contributed by atoms with E-state index < -0.39 is 10.0 Å². The highest BCUT2D eigenvalue weighted by Crippen LogP contribution is 2.19. The first-order valence-electron chi connectivity index (χ1n) is 5.92. The second kappa shape index (κ2) is 6.70. The molecule has 1 aromatic rings. The summed E-state index contributed by atoms with van der Waals surface area (Å²) in [4.78, 5) is 2.17. The maximum absolute atomic E-state index is 11.9. The quantitative estimate of drug-likeness (QED) is 0.756. The minimum Gasteiger partial charge on any atom is -0.395 e. The van der Waals surface area contributed by atoms with Crippen molar-refractivity contribution in [1.29, 1.82) is 0 Å². The fraction of sp³-hybridized carbons (Fsp3) is 0.385. The SMILES string of the molecule is C=CCN(CCO)c1ccc(S(=O)(=O)N(C)C)cc1. The molecule has 0 spiro atoms. The molecule has 0 aliphatic rings. The summed E-state index contributed by atoms with van der Waals surface area (Å²) in [5.74, 6) is 0. The second-order valence-corrected chi connectivity index (χ2v) is 6.39. The molecule has 0 saturated carbocycles. The highest BCUT2D eigenvalue weighted by Gasteiger charge is 2.17. The number of hydrogen-bond acceptors (Lipinski definition) is 4. The summed E-state index contributed by atoms with van der Waals surface area (Å²) < 4.78 is 25.0. The Bertz CT molecular complexity index is 509. The van der Waals surface area contributed by atoms with Crippen LogP contribution in [0.4, 0.5) is 5.69 Å². The smallest absolute Gasteiger partial charge is 0.242 e. The van der Waals surface area contributed by atoms with E-state index in [0.717, 1.165) is 5.69 Å². The van der Waals surface area contributed by atoms with Gasteiger partial charge in [0.1, 0.15) is 0 Å². The van der Waals surface area contributed by atoms with Crippen molar-refractivity contribution in [1.82, 2.24) is 4.31 Å². The van der Waals surface area contributed by atoms with Gasteiger partial charge in [-0.2, -0.15) is 0 Å². The van der Waals surface area contributed by atoms with Crippen LogP contribution < -0.4 is 4.90 Å². The van der Waals surface area contributed by atoms with E-state index in [4.69, 9.17) is 5.11 Å². The average molecular weight is 284 g/mol. The van der Waals surface area contributed by atoms with Crippen LogP contribution in [0.25, 0.3) is 0 Å². The summed E-state index contributed by atoms with van der Waals surface area (Å²) >= 11 is 0. The fourth-order valence-electron chi connectivity index (χ4n) is 1.64. The first-order valence-corrected chi connectivity index (χ1v) is 7.36. The van der Waals surface area contributed by atoms with E-state index in [-0.39, 0.29) is 11.5 Å². The predicted molar refractivity (Wildman–Crippen MR) is 76.8 cm³/mol. The molecule has 0 fully saturated rings. The van der Waals surface area contributed by atoms with E-state index in [0.29, 0.717) is 13.1 Å². The lowest BCUT2D eigenvalue weighted by molar-refractivity contribution is 0.303. The average Bonchev–Trinajstić information content (AvgIpc) is 2.38. The van der Waals surface area contributed by atoms with Crippen LogP contribution in [0.15, 0.2) is 41.8 Å². The largest absolute Gasteiger partial charge is 0.395 e. The van der Waals surface area contributed by atoms with E-state index in [1.165, 1.54) is 18.4 Å². The van der Waals surface area contributed by atoms with Gasteiger partial charge in [0.2, 0.25) is 10.0 Å². The van der Waals surface area contributed by atoms with E-state index in [2.05, 4.69) is 6.58 Å². The third-order valence-electron chi connectivity index (χ3n) is 2.70. The first-order chi connectivity index (χ1) is 8.93. The lowest BCUT2D eigenvalue weighted by Crippen LogP contribution is -2.27. The molecule has 6 heteroatoms. The van der Waals surface area contributed by atoms with E-state index in [1.807, 2.05) is 4.90 Å². The third-order valence-corrected chi connectivity index (χ3v) is 4.53. The van der Waals surface area contributed by atoms with Gasteiger partial charge < -0.3 is 10.0 Å². The van der Waals surface area contributed by atoms with Crippen LogP contribution in [-0.4, -0.2) is 51.6 Å². The Hall–Kier alpha value is -1.37. The van der Waals surface area contributed by atoms with Crippen LogP contribution in [0.1, 0.15) is 0 Å². The number of aliphatic hydroxyl groups is 1. The molecule has 0 amide bonds. The summed E-state index contributed by atoms with van der Waals surface area (Å²) in [5, 5.41) is 9.00. The molecule has 0 atom stereocenters. The van der Waals surface area contributed by atoms with Crippen molar-refractivity contribution in [3.63, 3.8) is 0 Å². The Balaban J connectivity index is 3.01. The molecule has 0 unspecified atom stereocenters. The molecule has 0 saturated heterocycles. The van der Waals surface area contributed by atoms with Gasteiger partial charge in [-0.25, -0.2) is 12.7 Å². The standard InChI is InChI=1S/C13H20N2O3S/c1-4-9-15(10-11-16)12-5-7-13(8-6-12)19(17,18)14(2)3/h4-8,16H,1,9-11H2,2-3H3. The first kappa shape index (κ1) is 15.7. The molecule has 0 heterocycles. The van der Waals surface area contributed by atoms with Gasteiger partial charge in [0.05, 0.1) is 11.5 Å². The number of anilines is 1. The Kier molecular flexibility index (Phi) is 5.53. The van der Waals surface area contributed by atoms with Crippen molar-refractivity contribution in [2.24, 2.45) is 0 Å². The van der Waals surface area contributed by atoms with Gasteiger partial charge in [-0.1, -0.05) is 6.08 Å². The molecule has 19 heavy (non-hydrogen) atoms. The molecule has 0 aliphatic carbocycles. The molecule has 1 N–H and O–H groups in total. The molecule has 0 bridgehead atoms. The van der Waals surface area contributed by atoms with Crippen LogP contribution in [-0.2, 0) is 10.0 Å². The zero-order valence-electron chi connectivity index (χ0n) is 11.3. The molecule has 106 valence electrons. The molecule has 1 rings (SSSR count). The Morgan fingerprint density at radius 1 is 1.26 bits per heavy atom. The summed E-state index contributed by atoms with van der Waals surface area (Å²) in [6, 6.07) is 6.60. The van der Waals surface area contributed by atoms with Gasteiger partial charge in [0, 0.05) is 32.9 Å². The van der Waals surface area contributed by atoms with Gasteiger partial charge in [0.25, 0.3) is 0 Å². The molecule has 0 radical (unpaired) electrons. The maximum Gasteiger partial charge on any atom is 0.242 e. The Morgan fingerprint density at radius 2 is 1.84 bits per heavy atom. The lowest BCUT2D eigenvalue weighted by Gasteiger charge is -2.22. The number of nitrogens with zero attached hydrogens (tertiary/aromatic N) is 2. The zero-order valence-corrected chi connectivity index (χ0v) is 12.1.